The molecule has 1 aliphatic heterocycles. The van der Waals surface area contributed by atoms with Crippen molar-refractivity contribution in [3.05, 3.63) is 46.2 Å². The van der Waals surface area contributed by atoms with E-state index in [1.54, 1.807) is 4.90 Å². The molecule has 3 heterocycles. The fourth-order valence-electron chi connectivity index (χ4n) is 3.49. The fourth-order valence-corrected chi connectivity index (χ4v) is 5.82. The average Bonchev–Trinajstić information content (AvgIpc) is 3.29. The van der Waals surface area contributed by atoms with Gasteiger partial charge in [0.1, 0.15) is 15.5 Å². The van der Waals surface area contributed by atoms with Crippen LogP contribution in [0.2, 0.25) is 0 Å². The number of aryl methyl sites for hydroxylation is 2. The summed E-state index contributed by atoms with van der Waals surface area (Å²) in [7, 11) is -3.81. The van der Waals surface area contributed by atoms with Gasteiger partial charge in [0.15, 0.2) is 0 Å². The second kappa shape index (κ2) is 7.56. The van der Waals surface area contributed by atoms with E-state index >= 15 is 0 Å². The normalized spacial score (nSPS) is 17.0. The van der Waals surface area contributed by atoms with Gasteiger partial charge in [-0.05, 0) is 50.1 Å². The van der Waals surface area contributed by atoms with Gasteiger partial charge in [0.25, 0.3) is 5.91 Å². The number of nitrogens with zero attached hydrogens (tertiary/aromatic N) is 3. The molecule has 1 amide bonds. The van der Waals surface area contributed by atoms with E-state index in [0.29, 0.717) is 28.4 Å². The van der Waals surface area contributed by atoms with Gasteiger partial charge in [-0.25, -0.2) is 17.5 Å². The molecule has 3 aromatic rings. The molecule has 8 nitrogen and oxygen atoms in total. The molecule has 3 N–H and O–H groups in total. The second-order valence-corrected chi connectivity index (χ2v) is 9.96. The van der Waals surface area contributed by atoms with E-state index in [1.165, 1.54) is 23.5 Å². The lowest BCUT2D eigenvalue weighted by molar-refractivity contribution is 0.0796. The third-order valence-electron chi connectivity index (χ3n) is 5.25. The topological polar surface area (TPSA) is 118 Å². The summed E-state index contributed by atoms with van der Waals surface area (Å²) < 4.78 is 40.7. The SMILES string of the molecule is Cc1nnc2sc(C(=O)N3CCC(NS(=O)(=O)c4ccc(F)cc4)C3)c(N)c2c1C. The molecule has 1 unspecified atom stereocenters. The van der Waals surface area contributed by atoms with E-state index < -0.39 is 21.9 Å². The Balaban J connectivity index is 1.51. The first-order chi connectivity index (χ1) is 14.2. The van der Waals surface area contributed by atoms with Crippen molar-refractivity contribution in [2.45, 2.75) is 31.2 Å². The summed E-state index contributed by atoms with van der Waals surface area (Å²) in [5.41, 5.74) is 8.28. The predicted octanol–water partition coefficient (Wildman–Crippen LogP) is 2.22. The Morgan fingerprint density at radius 3 is 2.67 bits per heavy atom. The largest absolute Gasteiger partial charge is 0.397 e. The first-order valence-electron chi connectivity index (χ1n) is 9.26. The van der Waals surface area contributed by atoms with E-state index in [1.807, 2.05) is 13.8 Å². The molecule has 1 atom stereocenters. The maximum Gasteiger partial charge on any atom is 0.266 e. The van der Waals surface area contributed by atoms with Crippen LogP contribution in [0, 0.1) is 19.7 Å². The molecule has 1 aromatic carbocycles. The van der Waals surface area contributed by atoms with Gasteiger partial charge in [-0.15, -0.1) is 16.4 Å². The number of aromatic nitrogens is 2. The van der Waals surface area contributed by atoms with E-state index in [4.69, 9.17) is 5.73 Å². The molecule has 0 spiro atoms. The summed E-state index contributed by atoms with van der Waals surface area (Å²) in [4.78, 5) is 15.6. The van der Waals surface area contributed by atoms with Crippen molar-refractivity contribution in [2.24, 2.45) is 0 Å². The number of anilines is 1. The van der Waals surface area contributed by atoms with Crippen LogP contribution in [0.5, 0.6) is 0 Å². The van der Waals surface area contributed by atoms with E-state index in [9.17, 15) is 17.6 Å². The second-order valence-electron chi connectivity index (χ2n) is 7.25. The molecule has 11 heteroatoms. The smallest absolute Gasteiger partial charge is 0.266 e. The van der Waals surface area contributed by atoms with E-state index in [2.05, 4.69) is 14.9 Å². The minimum Gasteiger partial charge on any atom is -0.397 e. The van der Waals surface area contributed by atoms with Crippen molar-refractivity contribution in [1.29, 1.82) is 0 Å². The number of nitrogens with two attached hydrogens (primary N) is 1. The van der Waals surface area contributed by atoms with Crippen LogP contribution in [0.3, 0.4) is 0 Å². The van der Waals surface area contributed by atoms with Crippen molar-refractivity contribution < 1.29 is 17.6 Å². The highest BCUT2D eigenvalue weighted by Gasteiger charge is 2.32. The van der Waals surface area contributed by atoms with Gasteiger partial charge in [-0.2, -0.15) is 5.10 Å². The number of thiophene rings is 1. The molecule has 4 rings (SSSR count). The summed E-state index contributed by atoms with van der Waals surface area (Å²) >= 11 is 1.19. The zero-order valence-electron chi connectivity index (χ0n) is 16.3. The third kappa shape index (κ3) is 3.64. The van der Waals surface area contributed by atoms with Gasteiger partial charge in [0.2, 0.25) is 10.0 Å². The Labute approximate surface area is 177 Å². The highest BCUT2D eigenvalue weighted by atomic mass is 32.2. The van der Waals surface area contributed by atoms with Crippen molar-refractivity contribution in [2.75, 3.05) is 18.8 Å². The Bertz CT molecular complexity index is 1240. The van der Waals surface area contributed by atoms with E-state index in [0.717, 1.165) is 28.8 Å². The van der Waals surface area contributed by atoms with Crippen molar-refractivity contribution in [3.63, 3.8) is 0 Å². The number of fused-ring (bicyclic) bond motifs is 1. The molecule has 0 bridgehead atoms. The molecular formula is C19H20FN5O3S2. The minimum absolute atomic E-state index is 0.0214. The number of hydrogen-bond donors (Lipinski definition) is 2. The standard InChI is InChI=1S/C19H20FN5O3S2/c1-10-11(2)22-23-18-15(10)16(21)17(29-18)19(26)25-8-7-13(9-25)24-30(27,28)14-5-3-12(20)4-6-14/h3-6,13,24H,7-9,21H2,1-2H3. The predicted molar refractivity (Wildman–Crippen MR) is 112 cm³/mol. The number of amides is 1. The van der Waals surface area contributed by atoms with Gasteiger partial charge in [-0.3, -0.25) is 4.79 Å². The van der Waals surface area contributed by atoms with Crippen LogP contribution >= 0.6 is 11.3 Å². The highest BCUT2D eigenvalue weighted by molar-refractivity contribution is 7.89. The van der Waals surface area contributed by atoms with Crippen molar-refractivity contribution in [3.8, 4) is 0 Å². The van der Waals surface area contributed by atoms with Gasteiger partial charge in [0.05, 0.1) is 16.3 Å². The zero-order chi connectivity index (χ0) is 21.6. The Kier molecular flexibility index (Phi) is 5.20. The quantitative estimate of drug-likeness (QED) is 0.631. The maximum atomic E-state index is 13.1. The first-order valence-corrected chi connectivity index (χ1v) is 11.6. The van der Waals surface area contributed by atoms with Crippen LogP contribution < -0.4 is 10.5 Å². The summed E-state index contributed by atoms with van der Waals surface area (Å²) in [6.45, 7) is 4.34. The third-order valence-corrected chi connectivity index (χ3v) is 7.86. The number of carbonyl (C=O) groups is 1. The Hall–Kier alpha value is -2.63. The lowest BCUT2D eigenvalue weighted by atomic mass is 10.1. The zero-order valence-corrected chi connectivity index (χ0v) is 18.0. The average molecular weight is 450 g/mol. The van der Waals surface area contributed by atoms with Crippen LogP contribution in [0.1, 0.15) is 27.3 Å². The van der Waals surface area contributed by atoms with Crippen LogP contribution in [0.4, 0.5) is 10.1 Å². The monoisotopic (exact) mass is 449 g/mol. The van der Waals surface area contributed by atoms with Gasteiger partial charge in [-0.1, -0.05) is 0 Å². The lowest BCUT2D eigenvalue weighted by Crippen LogP contribution is -2.38. The number of nitrogen functional groups attached to an aromatic ring is 1. The van der Waals surface area contributed by atoms with Gasteiger partial charge in [0, 0.05) is 24.5 Å². The number of sulfonamides is 1. The number of benzene rings is 1. The van der Waals surface area contributed by atoms with Crippen molar-refractivity contribution in [1.82, 2.24) is 19.8 Å². The molecule has 1 aliphatic rings. The first kappa shape index (κ1) is 20.6. The van der Waals surface area contributed by atoms with Crippen LogP contribution in [-0.2, 0) is 10.0 Å². The maximum absolute atomic E-state index is 13.1. The molecule has 158 valence electrons. The van der Waals surface area contributed by atoms with Crippen LogP contribution in [0.15, 0.2) is 29.2 Å². The molecule has 0 radical (unpaired) electrons. The van der Waals surface area contributed by atoms with Gasteiger partial charge >= 0.3 is 0 Å². The van der Waals surface area contributed by atoms with Crippen LogP contribution in [-0.4, -0.2) is 48.6 Å². The fraction of sp³-hybridized carbons (Fsp3) is 0.316. The number of carbonyl (C=O) groups excluding carboxylic acids is 1. The summed E-state index contributed by atoms with van der Waals surface area (Å²) in [5, 5.41) is 8.96. The van der Waals surface area contributed by atoms with E-state index in [-0.39, 0.29) is 17.3 Å². The number of nitrogens with one attached hydrogen (secondary N) is 1. The van der Waals surface area contributed by atoms with Gasteiger partial charge < -0.3 is 10.6 Å². The molecule has 0 saturated carbocycles. The Morgan fingerprint density at radius 1 is 1.27 bits per heavy atom. The molecular weight excluding hydrogens is 429 g/mol. The summed E-state index contributed by atoms with van der Waals surface area (Å²) in [6.07, 6.45) is 0.467. The lowest BCUT2D eigenvalue weighted by Gasteiger charge is -2.17. The molecule has 30 heavy (non-hydrogen) atoms. The molecule has 1 saturated heterocycles. The highest BCUT2D eigenvalue weighted by Crippen LogP contribution is 2.36. The van der Waals surface area contributed by atoms with Crippen LogP contribution in [0.25, 0.3) is 10.2 Å². The summed E-state index contributed by atoms with van der Waals surface area (Å²) in [6, 6.07) is 4.16. The molecule has 0 aliphatic carbocycles. The number of hydrogen-bond acceptors (Lipinski definition) is 7. The molecule has 1 fully saturated rings. The Morgan fingerprint density at radius 2 is 1.97 bits per heavy atom. The van der Waals surface area contributed by atoms with Crippen molar-refractivity contribution >= 4 is 43.2 Å². The summed E-state index contributed by atoms with van der Waals surface area (Å²) in [5.74, 6) is -0.765. The number of halogens is 1. The number of likely N-dealkylation sites (tertiary alicyclic amines) is 1. The minimum atomic E-state index is -3.81. The molecule has 2 aromatic heterocycles. The number of rotatable bonds is 4.